The highest BCUT2D eigenvalue weighted by Gasteiger charge is 2.35. The van der Waals surface area contributed by atoms with Gasteiger partial charge in [-0.05, 0) is 68.8 Å². The van der Waals surface area contributed by atoms with Gasteiger partial charge in [0.05, 0.1) is 16.1 Å². The third kappa shape index (κ3) is 7.85. The number of sulfonamides is 1. The summed E-state index contributed by atoms with van der Waals surface area (Å²) in [5.41, 5.74) is -0.741. The Kier molecular flexibility index (Phi) is 10.0. The Bertz CT molecular complexity index is 1430. The molecule has 3 aromatic carbocycles. The van der Waals surface area contributed by atoms with Gasteiger partial charge in [0.15, 0.2) is 0 Å². The van der Waals surface area contributed by atoms with Crippen molar-refractivity contribution >= 4 is 43.5 Å². The van der Waals surface area contributed by atoms with E-state index in [2.05, 4.69) is 21.2 Å². The summed E-state index contributed by atoms with van der Waals surface area (Å²) >= 11 is 3.34. The second-order valence-electron chi connectivity index (χ2n) is 9.36. The van der Waals surface area contributed by atoms with Gasteiger partial charge in [0.2, 0.25) is 11.8 Å². The van der Waals surface area contributed by atoms with Gasteiger partial charge in [0.1, 0.15) is 12.6 Å². The second kappa shape index (κ2) is 12.9. The van der Waals surface area contributed by atoms with E-state index < -0.39 is 46.2 Å². The van der Waals surface area contributed by atoms with Crippen molar-refractivity contribution in [1.29, 1.82) is 0 Å². The summed E-state index contributed by atoms with van der Waals surface area (Å²) in [5, 5.41) is 2.74. The molecule has 2 amide bonds. The van der Waals surface area contributed by atoms with E-state index in [1.165, 1.54) is 42.2 Å². The molecule has 1 N–H and O–H groups in total. The Morgan fingerprint density at radius 2 is 1.55 bits per heavy atom. The topological polar surface area (TPSA) is 86.8 Å². The highest BCUT2D eigenvalue weighted by molar-refractivity contribution is 9.10. The lowest BCUT2D eigenvalue weighted by molar-refractivity contribution is -0.139. The predicted octanol–water partition coefficient (Wildman–Crippen LogP) is 5.61. The average Bonchev–Trinajstić information content (AvgIpc) is 2.90. The van der Waals surface area contributed by atoms with Crippen LogP contribution < -0.4 is 9.62 Å². The summed E-state index contributed by atoms with van der Waals surface area (Å²) < 4.78 is 69.4. The maximum atomic E-state index is 13.8. The maximum absolute atomic E-state index is 13.8. The first-order valence-electron chi connectivity index (χ1n) is 12.3. The van der Waals surface area contributed by atoms with Crippen molar-refractivity contribution in [2.24, 2.45) is 0 Å². The van der Waals surface area contributed by atoms with E-state index in [1.807, 2.05) is 0 Å². The van der Waals surface area contributed by atoms with Crippen molar-refractivity contribution in [2.45, 2.75) is 50.5 Å². The SMILES string of the molecule is CC(C)NC(=O)C(C)N(Cc1ccc(Br)cc1)C(=O)CN(c1cccc(C(F)(F)F)c1)S(=O)(=O)c1ccccc1. The van der Waals surface area contributed by atoms with Gasteiger partial charge in [-0.3, -0.25) is 13.9 Å². The number of hydrogen-bond donors (Lipinski definition) is 1. The number of anilines is 1. The van der Waals surface area contributed by atoms with Crippen molar-refractivity contribution < 1.29 is 31.2 Å². The van der Waals surface area contributed by atoms with Crippen LogP contribution >= 0.6 is 15.9 Å². The van der Waals surface area contributed by atoms with Crippen LogP contribution in [-0.4, -0.2) is 43.8 Å². The van der Waals surface area contributed by atoms with Crippen molar-refractivity contribution in [3.8, 4) is 0 Å². The molecule has 1 atom stereocenters. The van der Waals surface area contributed by atoms with Crippen LogP contribution in [0.2, 0.25) is 0 Å². The van der Waals surface area contributed by atoms with E-state index in [1.54, 1.807) is 44.2 Å². The summed E-state index contributed by atoms with van der Waals surface area (Å²) in [5.74, 6) is -1.23. The third-order valence-corrected chi connectivity index (χ3v) is 8.25. The monoisotopic (exact) mass is 639 g/mol. The molecule has 7 nitrogen and oxygen atoms in total. The van der Waals surface area contributed by atoms with Crippen molar-refractivity contribution in [3.63, 3.8) is 0 Å². The van der Waals surface area contributed by atoms with Crippen LogP contribution in [0, 0.1) is 0 Å². The number of hydrogen-bond acceptors (Lipinski definition) is 4. The number of halogens is 4. The normalized spacial score (nSPS) is 12.6. The molecule has 40 heavy (non-hydrogen) atoms. The Labute approximate surface area is 240 Å². The molecule has 0 fully saturated rings. The lowest BCUT2D eigenvalue weighted by atomic mass is 10.1. The number of alkyl halides is 3. The summed E-state index contributed by atoms with van der Waals surface area (Å²) in [6.45, 7) is 4.14. The minimum absolute atomic E-state index is 0.0411. The number of rotatable bonds is 10. The molecule has 0 saturated heterocycles. The summed E-state index contributed by atoms with van der Waals surface area (Å²) in [4.78, 5) is 27.7. The Hall–Kier alpha value is -3.38. The largest absolute Gasteiger partial charge is 0.416 e. The van der Waals surface area contributed by atoms with Crippen molar-refractivity contribution in [1.82, 2.24) is 10.2 Å². The van der Waals surface area contributed by atoms with Crippen molar-refractivity contribution in [2.75, 3.05) is 10.8 Å². The first-order valence-corrected chi connectivity index (χ1v) is 14.5. The van der Waals surface area contributed by atoms with E-state index in [4.69, 9.17) is 0 Å². The van der Waals surface area contributed by atoms with Crippen molar-refractivity contribution in [3.05, 3.63) is 94.5 Å². The standard InChI is InChI=1S/C28H29BrF3N3O4S/c1-19(2)33-27(37)20(3)34(17-21-12-14-23(29)15-13-21)26(36)18-35(40(38,39)25-10-5-4-6-11-25)24-9-7-8-22(16-24)28(30,31)32/h4-16,19-20H,17-18H2,1-3H3,(H,33,37). The molecule has 0 aliphatic heterocycles. The van der Waals surface area contributed by atoms with Crippen LogP contribution in [0.5, 0.6) is 0 Å². The lowest BCUT2D eigenvalue weighted by Gasteiger charge is -2.32. The van der Waals surface area contributed by atoms with E-state index >= 15 is 0 Å². The van der Waals surface area contributed by atoms with Crippen LogP contribution in [0.25, 0.3) is 0 Å². The number of benzene rings is 3. The third-order valence-electron chi connectivity index (χ3n) is 5.94. The molecule has 0 radical (unpaired) electrons. The molecule has 214 valence electrons. The average molecular weight is 641 g/mol. The molecule has 0 bridgehead atoms. The minimum Gasteiger partial charge on any atom is -0.352 e. The molecule has 3 rings (SSSR count). The van der Waals surface area contributed by atoms with Gasteiger partial charge in [0.25, 0.3) is 10.0 Å². The second-order valence-corrected chi connectivity index (χ2v) is 12.1. The Morgan fingerprint density at radius 3 is 2.12 bits per heavy atom. The number of carbonyl (C=O) groups is 2. The zero-order valence-electron chi connectivity index (χ0n) is 22.0. The zero-order valence-corrected chi connectivity index (χ0v) is 24.4. The number of nitrogens with one attached hydrogen (secondary N) is 1. The van der Waals surface area contributed by atoms with Gasteiger partial charge >= 0.3 is 6.18 Å². The van der Waals surface area contributed by atoms with E-state index in [0.29, 0.717) is 15.9 Å². The van der Waals surface area contributed by atoms with Crippen LogP contribution in [0.4, 0.5) is 18.9 Å². The van der Waals surface area contributed by atoms with Gasteiger partial charge in [-0.25, -0.2) is 8.42 Å². The first-order chi connectivity index (χ1) is 18.7. The van der Waals surface area contributed by atoms with E-state index in [-0.39, 0.29) is 23.2 Å². The molecule has 0 aliphatic carbocycles. The zero-order chi connectivity index (χ0) is 29.7. The Morgan fingerprint density at radius 1 is 0.925 bits per heavy atom. The summed E-state index contributed by atoms with van der Waals surface area (Å²) in [6.07, 6.45) is -4.74. The van der Waals surface area contributed by atoms with Crippen LogP contribution in [0.3, 0.4) is 0 Å². The number of amides is 2. The van der Waals surface area contributed by atoms with E-state index in [0.717, 1.165) is 16.6 Å². The molecule has 0 aliphatic rings. The van der Waals surface area contributed by atoms with Crippen LogP contribution in [0.1, 0.15) is 31.9 Å². The first kappa shape index (κ1) is 31.2. The summed E-state index contributed by atoms with van der Waals surface area (Å²) in [7, 11) is -4.48. The minimum atomic E-state index is -4.74. The molecule has 0 heterocycles. The van der Waals surface area contributed by atoms with Gasteiger partial charge in [0, 0.05) is 17.1 Å². The molecule has 0 aromatic heterocycles. The number of carbonyl (C=O) groups excluding carboxylic acids is 2. The van der Waals surface area contributed by atoms with Gasteiger partial charge in [-0.1, -0.05) is 52.3 Å². The molecule has 0 saturated carbocycles. The van der Waals surface area contributed by atoms with Gasteiger partial charge in [-0.2, -0.15) is 13.2 Å². The van der Waals surface area contributed by atoms with Crippen LogP contribution in [0.15, 0.2) is 88.2 Å². The van der Waals surface area contributed by atoms with Crippen LogP contribution in [-0.2, 0) is 32.3 Å². The molecule has 1 unspecified atom stereocenters. The van der Waals surface area contributed by atoms with Gasteiger partial charge in [-0.15, -0.1) is 0 Å². The highest BCUT2D eigenvalue weighted by atomic mass is 79.9. The maximum Gasteiger partial charge on any atom is 0.416 e. The lowest BCUT2D eigenvalue weighted by Crippen LogP contribution is -2.52. The van der Waals surface area contributed by atoms with Gasteiger partial charge < -0.3 is 10.2 Å². The molecular formula is C28H29BrF3N3O4S. The molecule has 12 heteroatoms. The summed E-state index contributed by atoms with van der Waals surface area (Å²) in [6, 6.07) is 16.6. The predicted molar refractivity (Wildman–Crippen MR) is 150 cm³/mol. The fourth-order valence-corrected chi connectivity index (χ4v) is 5.55. The fourth-order valence-electron chi connectivity index (χ4n) is 3.86. The smallest absolute Gasteiger partial charge is 0.352 e. The Balaban J connectivity index is 2.07. The molecule has 3 aromatic rings. The quantitative estimate of drug-likeness (QED) is 0.313. The highest BCUT2D eigenvalue weighted by Crippen LogP contribution is 2.33. The van der Waals surface area contributed by atoms with E-state index in [9.17, 15) is 31.2 Å². The molecule has 0 spiro atoms. The number of nitrogens with zero attached hydrogens (tertiary/aromatic N) is 2. The molecular weight excluding hydrogens is 611 g/mol. The fraction of sp³-hybridized carbons (Fsp3) is 0.286.